The molecule has 0 spiro atoms. The molecule has 0 atom stereocenters. The second-order valence-corrected chi connectivity index (χ2v) is 4.92. The van der Waals surface area contributed by atoms with Crippen LogP contribution in [0.25, 0.3) is 0 Å². The number of H-pyrrole nitrogens is 1. The fraction of sp³-hybridized carbons (Fsp3) is 0.333. The van der Waals surface area contributed by atoms with Gasteiger partial charge in [-0.1, -0.05) is 0 Å². The van der Waals surface area contributed by atoms with Crippen molar-refractivity contribution in [2.45, 2.75) is 19.5 Å². The van der Waals surface area contributed by atoms with Crippen LogP contribution in [0, 0.1) is 0 Å². The highest BCUT2D eigenvalue weighted by Crippen LogP contribution is 2.19. The van der Waals surface area contributed by atoms with E-state index in [1.54, 1.807) is 6.07 Å². The number of rotatable bonds is 2. The van der Waals surface area contributed by atoms with Crippen molar-refractivity contribution in [3.8, 4) is 0 Å². The van der Waals surface area contributed by atoms with Gasteiger partial charge in [0.1, 0.15) is 5.76 Å². The van der Waals surface area contributed by atoms with Crippen LogP contribution >= 0.6 is 11.6 Å². The molecule has 3 rings (SSSR count). The lowest BCUT2D eigenvalue weighted by molar-refractivity contribution is 0.223. The number of aromatic amines is 1. The number of anilines is 1. The van der Waals surface area contributed by atoms with Gasteiger partial charge in [0, 0.05) is 19.5 Å². The summed E-state index contributed by atoms with van der Waals surface area (Å²) in [5.41, 5.74) is 6.84. The molecule has 1 aliphatic rings. The third-order valence-corrected chi connectivity index (χ3v) is 3.38. The highest BCUT2D eigenvalue weighted by Gasteiger charge is 2.21. The molecule has 6 nitrogen and oxygen atoms in total. The van der Waals surface area contributed by atoms with E-state index in [0.717, 1.165) is 18.0 Å². The Bertz CT molecular complexity index is 664. The Morgan fingerprint density at radius 1 is 1.53 bits per heavy atom. The standard InChI is InChI=1S/C12H13ClN4O2/c13-10-2-1-7(19-10)5-17-4-3-9-8(6-17)11(18)16-12(14)15-9/h1-2H,3-6H2,(H3,14,15,16,18). The van der Waals surface area contributed by atoms with Crippen LogP contribution in [0.3, 0.4) is 0 Å². The number of aromatic nitrogens is 2. The lowest BCUT2D eigenvalue weighted by Gasteiger charge is -2.26. The minimum atomic E-state index is -0.162. The Hall–Kier alpha value is -1.79. The van der Waals surface area contributed by atoms with Gasteiger partial charge in [0.25, 0.3) is 5.56 Å². The summed E-state index contributed by atoms with van der Waals surface area (Å²) in [5, 5.41) is 0.375. The third-order valence-electron chi connectivity index (χ3n) is 3.17. The molecule has 0 bridgehead atoms. The molecule has 0 saturated carbocycles. The second kappa shape index (κ2) is 4.71. The number of nitrogen functional groups attached to an aromatic ring is 1. The monoisotopic (exact) mass is 280 g/mol. The first-order valence-electron chi connectivity index (χ1n) is 5.96. The van der Waals surface area contributed by atoms with E-state index in [4.69, 9.17) is 21.8 Å². The van der Waals surface area contributed by atoms with E-state index < -0.39 is 0 Å². The van der Waals surface area contributed by atoms with Crippen LogP contribution in [0.1, 0.15) is 17.0 Å². The Kier molecular flexibility index (Phi) is 3.04. The van der Waals surface area contributed by atoms with Crippen molar-refractivity contribution >= 4 is 17.5 Å². The van der Waals surface area contributed by atoms with E-state index in [1.165, 1.54) is 0 Å². The van der Waals surface area contributed by atoms with Gasteiger partial charge in [-0.2, -0.15) is 0 Å². The number of nitrogens with zero attached hydrogens (tertiary/aromatic N) is 2. The summed E-state index contributed by atoms with van der Waals surface area (Å²) >= 11 is 5.74. The van der Waals surface area contributed by atoms with Gasteiger partial charge >= 0.3 is 0 Å². The highest BCUT2D eigenvalue weighted by molar-refractivity contribution is 6.28. The number of nitrogens with one attached hydrogen (secondary N) is 1. The first kappa shape index (κ1) is 12.3. The largest absolute Gasteiger partial charge is 0.448 e. The number of hydrogen-bond acceptors (Lipinski definition) is 5. The van der Waals surface area contributed by atoms with Crippen LogP contribution in [0.2, 0.25) is 5.22 Å². The number of halogens is 1. The normalized spacial score (nSPS) is 15.4. The first-order valence-corrected chi connectivity index (χ1v) is 6.34. The molecule has 0 amide bonds. The topological polar surface area (TPSA) is 88.1 Å². The Balaban J connectivity index is 1.80. The first-order chi connectivity index (χ1) is 9.11. The van der Waals surface area contributed by atoms with E-state index in [9.17, 15) is 4.79 Å². The molecule has 1 aliphatic heterocycles. The molecule has 0 aromatic carbocycles. The maximum Gasteiger partial charge on any atom is 0.257 e. The summed E-state index contributed by atoms with van der Waals surface area (Å²) in [6, 6.07) is 3.55. The Morgan fingerprint density at radius 2 is 2.37 bits per heavy atom. The lowest BCUT2D eigenvalue weighted by atomic mass is 10.1. The van der Waals surface area contributed by atoms with Crippen molar-refractivity contribution in [2.75, 3.05) is 12.3 Å². The van der Waals surface area contributed by atoms with Crippen molar-refractivity contribution in [3.63, 3.8) is 0 Å². The summed E-state index contributed by atoms with van der Waals surface area (Å²) < 4.78 is 5.33. The molecule has 19 heavy (non-hydrogen) atoms. The Labute approximate surface area is 114 Å². The number of fused-ring (bicyclic) bond motifs is 1. The number of furan rings is 1. The predicted octanol–water partition coefficient (Wildman–Crippen LogP) is 1.16. The maximum atomic E-state index is 11.8. The lowest BCUT2D eigenvalue weighted by Crippen LogP contribution is -2.35. The summed E-state index contributed by atoms with van der Waals surface area (Å²) in [5.74, 6) is 0.961. The Morgan fingerprint density at radius 3 is 3.11 bits per heavy atom. The van der Waals surface area contributed by atoms with Gasteiger partial charge in [0.05, 0.1) is 17.8 Å². The van der Waals surface area contributed by atoms with Crippen LogP contribution in [0.4, 0.5) is 5.95 Å². The van der Waals surface area contributed by atoms with E-state index in [-0.39, 0.29) is 11.5 Å². The van der Waals surface area contributed by atoms with Gasteiger partial charge in [0.15, 0.2) is 5.22 Å². The zero-order valence-electron chi connectivity index (χ0n) is 10.1. The van der Waals surface area contributed by atoms with Gasteiger partial charge in [-0.25, -0.2) is 4.98 Å². The summed E-state index contributed by atoms with van der Waals surface area (Å²) in [6.45, 7) is 1.97. The van der Waals surface area contributed by atoms with Gasteiger partial charge in [-0.05, 0) is 23.7 Å². The van der Waals surface area contributed by atoms with Gasteiger partial charge < -0.3 is 10.2 Å². The van der Waals surface area contributed by atoms with Crippen molar-refractivity contribution in [3.05, 3.63) is 44.7 Å². The molecular weight excluding hydrogens is 268 g/mol. The smallest absolute Gasteiger partial charge is 0.257 e. The van der Waals surface area contributed by atoms with Crippen molar-refractivity contribution < 1.29 is 4.42 Å². The van der Waals surface area contributed by atoms with E-state index in [2.05, 4.69) is 14.9 Å². The minimum absolute atomic E-state index is 0.162. The molecule has 3 N–H and O–H groups in total. The maximum absolute atomic E-state index is 11.8. The van der Waals surface area contributed by atoms with Crippen LogP contribution < -0.4 is 11.3 Å². The molecule has 2 aromatic heterocycles. The SMILES string of the molecule is Nc1nc2c(c(=O)[nH]1)CN(Cc1ccc(Cl)o1)CC2. The molecule has 0 radical (unpaired) electrons. The highest BCUT2D eigenvalue weighted by atomic mass is 35.5. The zero-order valence-corrected chi connectivity index (χ0v) is 10.9. The predicted molar refractivity (Wildman–Crippen MR) is 70.8 cm³/mol. The van der Waals surface area contributed by atoms with Crippen LogP contribution in [0.15, 0.2) is 21.3 Å². The van der Waals surface area contributed by atoms with Gasteiger partial charge in [-0.15, -0.1) is 0 Å². The zero-order chi connectivity index (χ0) is 13.4. The molecule has 3 heterocycles. The molecule has 0 saturated heterocycles. The van der Waals surface area contributed by atoms with Gasteiger partial charge in [-0.3, -0.25) is 14.7 Å². The third kappa shape index (κ3) is 2.50. The molecule has 0 unspecified atom stereocenters. The molecule has 0 aliphatic carbocycles. The van der Waals surface area contributed by atoms with E-state index >= 15 is 0 Å². The van der Waals surface area contributed by atoms with Crippen LogP contribution in [0.5, 0.6) is 0 Å². The van der Waals surface area contributed by atoms with Crippen LogP contribution in [-0.4, -0.2) is 21.4 Å². The number of nitrogens with two attached hydrogens (primary N) is 1. The second-order valence-electron chi connectivity index (χ2n) is 4.54. The van der Waals surface area contributed by atoms with Crippen molar-refractivity contribution in [1.29, 1.82) is 0 Å². The molecular formula is C12H13ClN4O2. The summed E-state index contributed by atoms with van der Waals surface area (Å²) in [6.07, 6.45) is 0.706. The average Bonchev–Trinajstić information content (AvgIpc) is 2.75. The number of hydrogen-bond donors (Lipinski definition) is 2. The summed E-state index contributed by atoms with van der Waals surface area (Å²) in [7, 11) is 0. The quantitative estimate of drug-likeness (QED) is 0.862. The average molecular weight is 281 g/mol. The van der Waals surface area contributed by atoms with E-state index in [0.29, 0.717) is 30.3 Å². The molecule has 2 aromatic rings. The van der Waals surface area contributed by atoms with E-state index in [1.807, 2.05) is 6.07 Å². The molecule has 7 heteroatoms. The van der Waals surface area contributed by atoms with Gasteiger partial charge in [0.2, 0.25) is 5.95 Å². The minimum Gasteiger partial charge on any atom is -0.448 e. The van der Waals surface area contributed by atoms with Crippen molar-refractivity contribution in [2.24, 2.45) is 0 Å². The fourth-order valence-electron chi connectivity index (χ4n) is 2.29. The van der Waals surface area contributed by atoms with Crippen LogP contribution in [-0.2, 0) is 19.5 Å². The molecule has 100 valence electrons. The summed E-state index contributed by atoms with van der Waals surface area (Å²) in [4.78, 5) is 20.7. The van der Waals surface area contributed by atoms with Crippen molar-refractivity contribution in [1.82, 2.24) is 14.9 Å². The fourth-order valence-corrected chi connectivity index (χ4v) is 2.45. The molecule has 0 fully saturated rings.